The van der Waals surface area contributed by atoms with Crippen molar-refractivity contribution in [3.63, 3.8) is 0 Å². The number of amides is 1. The minimum absolute atomic E-state index is 0.104. The van der Waals surface area contributed by atoms with Crippen molar-refractivity contribution < 1.29 is 14.7 Å². The molecule has 0 aliphatic carbocycles. The van der Waals surface area contributed by atoms with Crippen molar-refractivity contribution in [1.29, 1.82) is 0 Å². The number of carboxylic acids is 1. The first-order valence-electron chi connectivity index (χ1n) is 8.75. The Labute approximate surface area is 143 Å². The number of carboxylic acid groups (broad SMARTS) is 1. The minimum atomic E-state index is -0.977. The molecule has 0 saturated carbocycles. The molecule has 2 N–H and O–H groups in total. The third kappa shape index (κ3) is 4.84. The zero-order chi connectivity index (χ0) is 17.7. The van der Waals surface area contributed by atoms with Gasteiger partial charge in [0.05, 0.1) is 12.0 Å². The molecule has 1 aliphatic rings. The van der Waals surface area contributed by atoms with E-state index < -0.39 is 5.97 Å². The van der Waals surface area contributed by atoms with Gasteiger partial charge in [0.15, 0.2) is 0 Å². The van der Waals surface area contributed by atoms with Crippen LogP contribution in [-0.2, 0) is 18.3 Å². The van der Waals surface area contributed by atoms with Gasteiger partial charge in [0, 0.05) is 32.0 Å². The summed E-state index contributed by atoms with van der Waals surface area (Å²) in [5.74, 6) is -0.329. The third-order valence-corrected chi connectivity index (χ3v) is 4.75. The van der Waals surface area contributed by atoms with Crippen LogP contribution in [0.4, 0.5) is 0 Å². The van der Waals surface area contributed by atoms with E-state index in [1.54, 1.807) is 24.7 Å². The molecule has 6 heteroatoms. The number of rotatable bonds is 7. The van der Waals surface area contributed by atoms with Gasteiger partial charge in [0.25, 0.3) is 0 Å². The molecule has 2 heterocycles. The van der Waals surface area contributed by atoms with Gasteiger partial charge >= 0.3 is 5.97 Å². The van der Waals surface area contributed by atoms with Crippen molar-refractivity contribution in [2.24, 2.45) is 13.0 Å². The molecule has 1 fully saturated rings. The monoisotopic (exact) mass is 335 g/mol. The summed E-state index contributed by atoms with van der Waals surface area (Å²) in [4.78, 5) is 25.9. The van der Waals surface area contributed by atoms with Gasteiger partial charge in [-0.1, -0.05) is 6.92 Å². The molecule has 0 bridgehead atoms. The van der Waals surface area contributed by atoms with E-state index in [9.17, 15) is 14.7 Å². The van der Waals surface area contributed by atoms with Crippen LogP contribution in [0.15, 0.2) is 6.20 Å². The predicted octanol–water partition coefficient (Wildman–Crippen LogP) is 1.81. The number of likely N-dealkylation sites (tertiary alicyclic amines) is 1. The second kappa shape index (κ2) is 8.33. The average Bonchev–Trinajstić information content (AvgIpc) is 2.78. The van der Waals surface area contributed by atoms with Gasteiger partial charge in [-0.3, -0.25) is 4.79 Å². The fourth-order valence-electron chi connectivity index (χ4n) is 3.58. The molecule has 2 rings (SSSR count). The maximum atomic E-state index is 12.1. The first kappa shape index (κ1) is 18.5. The van der Waals surface area contributed by atoms with Crippen LogP contribution in [0, 0.1) is 12.8 Å². The van der Waals surface area contributed by atoms with Crippen LogP contribution in [0.5, 0.6) is 0 Å². The molecule has 134 valence electrons. The number of nitrogens with one attached hydrogen (secondary N) is 1. The summed E-state index contributed by atoms with van der Waals surface area (Å²) in [5.41, 5.74) is 1.49. The fraction of sp³-hybridized carbons (Fsp3) is 0.667. The van der Waals surface area contributed by atoms with Gasteiger partial charge in [-0.25, -0.2) is 4.79 Å². The molecule has 6 nitrogen and oxygen atoms in total. The number of piperidine rings is 1. The quantitative estimate of drug-likeness (QED) is 0.745. The summed E-state index contributed by atoms with van der Waals surface area (Å²) < 4.78 is 1.73. The fourth-order valence-corrected chi connectivity index (χ4v) is 3.58. The molecule has 0 spiro atoms. The highest BCUT2D eigenvalue weighted by molar-refractivity contribution is 5.92. The largest absolute Gasteiger partial charge is 0.478 e. The highest BCUT2D eigenvalue weighted by Crippen LogP contribution is 2.17. The smallest absolute Gasteiger partial charge is 0.337 e. The van der Waals surface area contributed by atoms with Crippen LogP contribution in [0.3, 0.4) is 0 Å². The molecule has 0 radical (unpaired) electrons. The van der Waals surface area contributed by atoms with Crippen molar-refractivity contribution in [1.82, 2.24) is 14.8 Å². The van der Waals surface area contributed by atoms with Crippen molar-refractivity contribution in [2.45, 2.75) is 39.5 Å². The number of hydrogen-bond donors (Lipinski definition) is 2. The number of aromatic carboxylic acids is 1. The van der Waals surface area contributed by atoms with E-state index in [2.05, 4.69) is 17.1 Å². The van der Waals surface area contributed by atoms with E-state index >= 15 is 0 Å². The number of hydrogen-bond acceptors (Lipinski definition) is 3. The Balaban J connectivity index is 1.77. The van der Waals surface area contributed by atoms with Crippen molar-refractivity contribution in [3.8, 4) is 0 Å². The lowest BCUT2D eigenvalue weighted by molar-refractivity contribution is -0.120. The molecule has 1 aliphatic heterocycles. The first-order chi connectivity index (χ1) is 11.4. The number of carbonyl (C=O) groups excluding carboxylic acids is 1. The van der Waals surface area contributed by atoms with E-state index in [0.29, 0.717) is 17.8 Å². The lowest BCUT2D eigenvalue weighted by Gasteiger charge is -2.30. The highest BCUT2D eigenvalue weighted by Gasteiger charge is 2.20. The molecule has 1 amide bonds. The molecule has 1 aromatic heterocycles. The normalized spacial score (nSPS) is 18.5. The maximum absolute atomic E-state index is 12.1. The second-order valence-electron chi connectivity index (χ2n) is 6.98. The molecule has 1 atom stereocenters. The van der Waals surface area contributed by atoms with Crippen LogP contribution < -0.4 is 5.32 Å². The number of carbonyl (C=O) groups is 2. The van der Waals surface area contributed by atoms with Gasteiger partial charge in [-0.2, -0.15) is 0 Å². The van der Waals surface area contributed by atoms with E-state index in [-0.39, 0.29) is 17.9 Å². The Morgan fingerprint density at radius 3 is 2.83 bits per heavy atom. The van der Waals surface area contributed by atoms with Gasteiger partial charge in [0.1, 0.15) is 0 Å². The summed E-state index contributed by atoms with van der Waals surface area (Å²) in [7, 11) is 1.78. The third-order valence-electron chi connectivity index (χ3n) is 4.75. The Morgan fingerprint density at radius 2 is 2.17 bits per heavy atom. The Hall–Kier alpha value is -1.82. The van der Waals surface area contributed by atoms with E-state index in [4.69, 9.17) is 0 Å². The molecule has 1 saturated heterocycles. The van der Waals surface area contributed by atoms with Crippen LogP contribution >= 0.6 is 0 Å². The molecule has 24 heavy (non-hydrogen) atoms. The van der Waals surface area contributed by atoms with Crippen LogP contribution in [-0.4, -0.2) is 52.6 Å². The second-order valence-corrected chi connectivity index (χ2v) is 6.98. The maximum Gasteiger partial charge on any atom is 0.337 e. The standard InChI is InChI=1S/C18H29N3O3/c1-13-6-4-8-21(11-13)9-5-7-19-16(22)10-15-17(18(23)24)14(2)12-20(15)3/h12-13H,4-11H2,1-3H3,(H,19,22)(H,23,24)/t13-/m0/s1. The van der Waals surface area contributed by atoms with Crippen molar-refractivity contribution in [3.05, 3.63) is 23.0 Å². The predicted molar refractivity (Wildman–Crippen MR) is 93.3 cm³/mol. The van der Waals surface area contributed by atoms with Crippen LogP contribution in [0.25, 0.3) is 0 Å². The lowest BCUT2D eigenvalue weighted by Crippen LogP contribution is -2.36. The van der Waals surface area contributed by atoms with E-state index in [0.717, 1.165) is 32.0 Å². The summed E-state index contributed by atoms with van der Waals surface area (Å²) in [6.07, 6.45) is 5.36. The summed E-state index contributed by atoms with van der Waals surface area (Å²) in [6, 6.07) is 0. The molecule has 1 aromatic rings. The van der Waals surface area contributed by atoms with Crippen molar-refractivity contribution in [2.75, 3.05) is 26.2 Å². The number of aryl methyl sites for hydroxylation is 2. The summed E-state index contributed by atoms with van der Waals surface area (Å²) in [5, 5.41) is 12.2. The first-order valence-corrected chi connectivity index (χ1v) is 8.75. The topological polar surface area (TPSA) is 74.6 Å². The van der Waals surface area contributed by atoms with Crippen molar-refractivity contribution >= 4 is 11.9 Å². The van der Waals surface area contributed by atoms with Gasteiger partial charge in [0.2, 0.25) is 5.91 Å². The SMILES string of the molecule is Cc1cn(C)c(CC(=O)NCCCN2CCC[C@H](C)C2)c1C(=O)O. The summed E-state index contributed by atoms with van der Waals surface area (Å²) >= 11 is 0. The number of aromatic nitrogens is 1. The van der Waals surface area contributed by atoms with E-state index in [1.807, 2.05) is 0 Å². The van der Waals surface area contributed by atoms with Gasteiger partial charge in [-0.05, 0) is 50.8 Å². The zero-order valence-electron chi connectivity index (χ0n) is 15.0. The Kier molecular flexibility index (Phi) is 6.43. The molecular formula is C18H29N3O3. The highest BCUT2D eigenvalue weighted by atomic mass is 16.4. The van der Waals surface area contributed by atoms with Crippen LogP contribution in [0.2, 0.25) is 0 Å². The van der Waals surface area contributed by atoms with Gasteiger partial charge in [-0.15, -0.1) is 0 Å². The molecular weight excluding hydrogens is 306 g/mol. The summed E-state index contributed by atoms with van der Waals surface area (Å²) in [6.45, 7) is 7.99. The molecule has 0 aromatic carbocycles. The molecule has 0 unspecified atom stereocenters. The Morgan fingerprint density at radius 1 is 1.42 bits per heavy atom. The van der Waals surface area contributed by atoms with E-state index in [1.165, 1.54) is 12.8 Å². The average molecular weight is 335 g/mol. The lowest BCUT2D eigenvalue weighted by atomic mass is 10.0. The zero-order valence-corrected chi connectivity index (χ0v) is 15.0. The Bertz CT molecular complexity index is 595. The van der Waals surface area contributed by atoms with Crippen LogP contribution in [0.1, 0.15) is 47.8 Å². The number of nitrogens with zero attached hydrogens (tertiary/aromatic N) is 2. The van der Waals surface area contributed by atoms with Gasteiger partial charge < -0.3 is 19.9 Å². The minimum Gasteiger partial charge on any atom is -0.478 e.